The quantitative estimate of drug-likeness (QED) is 0.745. The minimum atomic E-state index is 0.319. The predicted octanol–water partition coefficient (Wildman–Crippen LogP) is 2.25. The molecule has 84 valence electrons. The van der Waals surface area contributed by atoms with Gasteiger partial charge in [0.1, 0.15) is 0 Å². The van der Waals surface area contributed by atoms with Crippen LogP contribution in [0, 0.1) is 0 Å². The minimum absolute atomic E-state index is 0.319. The van der Waals surface area contributed by atoms with E-state index in [4.69, 9.17) is 0 Å². The van der Waals surface area contributed by atoms with Gasteiger partial charge < -0.3 is 10.2 Å². The van der Waals surface area contributed by atoms with E-state index < -0.39 is 0 Å². The van der Waals surface area contributed by atoms with E-state index in [9.17, 15) is 0 Å². The maximum atomic E-state index is 3.76. The fourth-order valence-corrected chi connectivity index (χ4v) is 2.05. The van der Waals surface area contributed by atoms with E-state index >= 15 is 0 Å². The van der Waals surface area contributed by atoms with Crippen LogP contribution in [0.5, 0.6) is 0 Å². The molecule has 0 aromatic heterocycles. The van der Waals surface area contributed by atoms with Crippen molar-refractivity contribution in [1.82, 2.24) is 10.2 Å². The molecule has 1 rings (SSSR count). The summed E-state index contributed by atoms with van der Waals surface area (Å²) in [4.78, 5) is 2.54. The zero-order valence-electron chi connectivity index (χ0n) is 10.3. The maximum absolute atomic E-state index is 3.76. The summed E-state index contributed by atoms with van der Waals surface area (Å²) in [5.41, 5.74) is 0.319. The second kappa shape index (κ2) is 5.13. The monoisotopic (exact) mass is 198 g/mol. The molecule has 0 unspecified atom stereocenters. The van der Waals surface area contributed by atoms with Crippen molar-refractivity contribution in [3.63, 3.8) is 0 Å². The predicted molar refractivity (Wildman–Crippen MR) is 62.6 cm³/mol. The summed E-state index contributed by atoms with van der Waals surface area (Å²) >= 11 is 0. The van der Waals surface area contributed by atoms with E-state index in [1.807, 2.05) is 0 Å². The molecule has 0 spiro atoms. The SMILES string of the molecule is CCN1CCC(NC(C)(C)CC)CC1. The van der Waals surface area contributed by atoms with E-state index in [-0.39, 0.29) is 0 Å². The molecule has 14 heavy (non-hydrogen) atoms. The first-order valence-electron chi connectivity index (χ1n) is 6.07. The molecule has 2 nitrogen and oxygen atoms in total. The van der Waals surface area contributed by atoms with Crippen molar-refractivity contribution in [1.29, 1.82) is 0 Å². The Hall–Kier alpha value is -0.0800. The summed E-state index contributed by atoms with van der Waals surface area (Å²) in [6.45, 7) is 12.9. The molecule has 1 fully saturated rings. The first kappa shape index (κ1) is 12.0. The Morgan fingerprint density at radius 1 is 1.21 bits per heavy atom. The lowest BCUT2D eigenvalue weighted by molar-refractivity contribution is 0.182. The normalized spacial score (nSPS) is 21.4. The van der Waals surface area contributed by atoms with Crippen LogP contribution in [0.4, 0.5) is 0 Å². The number of nitrogens with one attached hydrogen (secondary N) is 1. The summed E-state index contributed by atoms with van der Waals surface area (Å²) in [5, 5.41) is 3.76. The van der Waals surface area contributed by atoms with Crippen LogP contribution >= 0.6 is 0 Å². The lowest BCUT2D eigenvalue weighted by Crippen LogP contribution is -2.50. The molecule has 0 aliphatic carbocycles. The number of hydrogen-bond donors (Lipinski definition) is 1. The third kappa shape index (κ3) is 3.58. The Kier molecular flexibility index (Phi) is 4.39. The van der Waals surface area contributed by atoms with E-state index in [2.05, 4.69) is 37.9 Å². The van der Waals surface area contributed by atoms with Gasteiger partial charge in [0, 0.05) is 11.6 Å². The topological polar surface area (TPSA) is 15.3 Å². The average molecular weight is 198 g/mol. The molecular weight excluding hydrogens is 172 g/mol. The molecule has 1 N–H and O–H groups in total. The van der Waals surface area contributed by atoms with Gasteiger partial charge in [-0.2, -0.15) is 0 Å². The third-order valence-electron chi connectivity index (χ3n) is 3.51. The van der Waals surface area contributed by atoms with Gasteiger partial charge in [0.15, 0.2) is 0 Å². The highest BCUT2D eigenvalue weighted by atomic mass is 15.1. The average Bonchev–Trinajstić information content (AvgIpc) is 2.19. The van der Waals surface area contributed by atoms with Crippen molar-refractivity contribution >= 4 is 0 Å². The van der Waals surface area contributed by atoms with Gasteiger partial charge in [-0.05, 0) is 52.7 Å². The highest BCUT2D eigenvalue weighted by molar-refractivity contribution is 4.84. The summed E-state index contributed by atoms with van der Waals surface area (Å²) in [6.07, 6.45) is 3.84. The van der Waals surface area contributed by atoms with Crippen LogP contribution in [-0.4, -0.2) is 36.1 Å². The summed E-state index contributed by atoms with van der Waals surface area (Å²) in [5.74, 6) is 0. The van der Waals surface area contributed by atoms with Crippen molar-refractivity contribution in [2.75, 3.05) is 19.6 Å². The molecule has 0 bridgehead atoms. The Morgan fingerprint density at radius 2 is 1.79 bits per heavy atom. The highest BCUT2D eigenvalue weighted by Crippen LogP contribution is 2.15. The Morgan fingerprint density at radius 3 is 2.21 bits per heavy atom. The molecule has 1 aliphatic rings. The van der Waals surface area contributed by atoms with Gasteiger partial charge in [-0.25, -0.2) is 0 Å². The van der Waals surface area contributed by atoms with Crippen LogP contribution in [0.15, 0.2) is 0 Å². The van der Waals surface area contributed by atoms with Crippen molar-refractivity contribution in [2.24, 2.45) is 0 Å². The van der Waals surface area contributed by atoms with E-state index in [1.54, 1.807) is 0 Å². The standard InChI is InChI=1S/C12H26N2/c1-5-12(3,4)13-11-7-9-14(6-2)10-8-11/h11,13H,5-10H2,1-4H3. The van der Waals surface area contributed by atoms with Gasteiger partial charge >= 0.3 is 0 Å². The molecule has 0 amide bonds. The van der Waals surface area contributed by atoms with E-state index in [0.717, 1.165) is 6.04 Å². The van der Waals surface area contributed by atoms with Gasteiger partial charge in [0.2, 0.25) is 0 Å². The molecule has 1 heterocycles. The molecule has 2 heteroatoms. The smallest absolute Gasteiger partial charge is 0.0125 e. The third-order valence-corrected chi connectivity index (χ3v) is 3.51. The zero-order chi connectivity index (χ0) is 10.6. The highest BCUT2D eigenvalue weighted by Gasteiger charge is 2.23. The molecule has 1 saturated heterocycles. The van der Waals surface area contributed by atoms with E-state index in [0.29, 0.717) is 5.54 Å². The minimum Gasteiger partial charge on any atom is -0.309 e. The molecular formula is C12H26N2. The van der Waals surface area contributed by atoms with Gasteiger partial charge in [0.25, 0.3) is 0 Å². The molecule has 0 aromatic carbocycles. The van der Waals surface area contributed by atoms with Gasteiger partial charge in [0.05, 0.1) is 0 Å². The van der Waals surface area contributed by atoms with Crippen LogP contribution in [0.1, 0.15) is 47.0 Å². The van der Waals surface area contributed by atoms with Crippen molar-refractivity contribution < 1.29 is 0 Å². The Bertz CT molecular complexity index is 158. The van der Waals surface area contributed by atoms with Crippen molar-refractivity contribution in [3.05, 3.63) is 0 Å². The van der Waals surface area contributed by atoms with Crippen LogP contribution in [-0.2, 0) is 0 Å². The molecule has 0 radical (unpaired) electrons. The first-order valence-corrected chi connectivity index (χ1v) is 6.07. The van der Waals surface area contributed by atoms with Crippen molar-refractivity contribution in [2.45, 2.75) is 58.5 Å². The van der Waals surface area contributed by atoms with E-state index in [1.165, 1.54) is 38.9 Å². The lowest BCUT2D eigenvalue weighted by Gasteiger charge is -2.37. The molecule has 0 saturated carbocycles. The molecule has 0 atom stereocenters. The number of piperidine rings is 1. The molecule has 1 aliphatic heterocycles. The summed E-state index contributed by atoms with van der Waals surface area (Å²) in [7, 11) is 0. The van der Waals surface area contributed by atoms with Crippen LogP contribution < -0.4 is 5.32 Å². The second-order valence-electron chi connectivity index (χ2n) is 5.09. The van der Waals surface area contributed by atoms with Gasteiger partial charge in [-0.15, -0.1) is 0 Å². The fraction of sp³-hybridized carbons (Fsp3) is 1.00. The Balaban J connectivity index is 2.28. The van der Waals surface area contributed by atoms with Crippen LogP contribution in [0.3, 0.4) is 0 Å². The van der Waals surface area contributed by atoms with Gasteiger partial charge in [-0.3, -0.25) is 0 Å². The lowest BCUT2D eigenvalue weighted by atomic mass is 9.96. The fourth-order valence-electron chi connectivity index (χ4n) is 2.05. The summed E-state index contributed by atoms with van der Waals surface area (Å²) < 4.78 is 0. The number of likely N-dealkylation sites (tertiary alicyclic amines) is 1. The number of nitrogens with zero attached hydrogens (tertiary/aromatic N) is 1. The summed E-state index contributed by atoms with van der Waals surface area (Å²) in [6, 6.07) is 0.743. The largest absolute Gasteiger partial charge is 0.309 e. The number of rotatable bonds is 4. The molecule has 0 aromatic rings. The number of hydrogen-bond acceptors (Lipinski definition) is 2. The maximum Gasteiger partial charge on any atom is 0.0125 e. The Labute approximate surface area is 89.1 Å². The van der Waals surface area contributed by atoms with Crippen molar-refractivity contribution in [3.8, 4) is 0 Å². The second-order valence-corrected chi connectivity index (χ2v) is 5.09. The van der Waals surface area contributed by atoms with Gasteiger partial charge in [-0.1, -0.05) is 13.8 Å². The van der Waals surface area contributed by atoms with Crippen LogP contribution in [0.25, 0.3) is 0 Å². The zero-order valence-corrected chi connectivity index (χ0v) is 10.3. The first-order chi connectivity index (χ1) is 6.57. The van der Waals surface area contributed by atoms with Crippen LogP contribution in [0.2, 0.25) is 0 Å².